The number of ketones is 1. The highest BCUT2D eigenvalue weighted by Gasteiger charge is 2.17. The van der Waals surface area contributed by atoms with Crippen LogP contribution in [0.1, 0.15) is 10.4 Å². The molecule has 3 rings (SSSR count). The van der Waals surface area contributed by atoms with Crippen LogP contribution in [0.15, 0.2) is 40.2 Å². The molecule has 0 saturated carbocycles. The van der Waals surface area contributed by atoms with Crippen molar-refractivity contribution in [2.75, 3.05) is 0 Å². The molecule has 0 saturated heterocycles. The van der Waals surface area contributed by atoms with Gasteiger partial charge in [0.15, 0.2) is 16.9 Å². The van der Waals surface area contributed by atoms with Gasteiger partial charge in [-0.1, -0.05) is 12.1 Å². The molecule has 0 bridgehead atoms. The number of hydrogen-bond acceptors (Lipinski definition) is 4. The van der Waals surface area contributed by atoms with E-state index in [4.69, 9.17) is 0 Å². The fraction of sp³-hybridized carbons (Fsp3) is 0.200. The van der Waals surface area contributed by atoms with Gasteiger partial charge in [0.05, 0.1) is 18.4 Å². The van der Waals surface area contributed by atoms with E-state index in [9.17, 15) is 18.8 Å². The molecule has 0 aliphatic heterocycles. The number of imidazole rings is 1. The highest BCUT2D eigenvalue weighted by molar-refractivity contribution is 5.96. The highest BCUT2D eigenvalue weighted by Crippen LogP contribution is 2.11. The van der Waals surface area contributed by atoms with Gasteiger partial charge in [0, 0.05) is 14.1 Å². The molecule has 0 aliphatic rings. The van der Waals surface area contributed by atoms with E-state index in [0.29, 0.717) is 0 Å². The number of benzene rings is 1. The van der Waals surface area contributed by atoms with E-state index in [1.165, 1.54) is 47.8 Å². The number of carbonyl (C=O) groups is 1. The van der Waals surface area contributed by atoms with E-state index in [1.54, 1.807) is 6.07 Å². The number of carbonyl (C=O) groups excluding carboxylic acids is 1. The molecular formula is C15H13FN4O3. The van der Waals surface area contributed by atoms with Crippen LogP contribution in [-0.4, -0.2) is 24.5 Å². The molecule has 0 N–H and O–H groups in total. The number of aryl methyl sites for hydroxylation is 1. The summed E-state index contributed by atoms with van der Waals surface area (Å²) in [6.07, 6.45) is 1.30. The molecule has 8 heteroatoms. The van der Waals surface area contributed by atoms with Gasteiger partial charge in [0.2, 0.25) is 0 Å². The van der Waals surface area contributed by atoms with Gasteiger partial charge in [0.1, 0.15) is 5.82 Å². The Bertz CT molecular complexity index is 1050. The number of aromatic nitrogens is 4. The van der Waals surface area contributed by atoms with Gasteiger partial charge in [-0.05, 0) is 12.1 Å². The molecule has 0 aliphatic carbocycles. The van der Waals surface area contributed by atoms with Crippen molar-refractivity contribution in [2.45, 2.75) is 6.54 Å². The van der Waals surface area contributed by atoms with Crippen LogP contribution in [0.5, 0.6) is 0 Å². The summed E-state index contributed by atoms with van der Waals surface area (Å²) in [6.45, 7) is -0.245. The van der Waals surface area contributed by atoms with E-state index < -0.39 is 22.8 Å². The van der Waals surface area contributed by atoms with Gasteiger partial charge in [-0.25, -0.2) is 14.2 Å². The fourth-order valence-electron chi connectivity index (χ4n) is 2.44. The van der Waals surface area contributed by atoms with Crippen LogP contribution in [0, 0.1) is 5.82 Å². The van der Waals surface area contributed by atoms with Crippen molar-refractivity contribution in [3.63, 3.8) is 0 Å². The summed E-state index contributed by atoms with van der Waals surface area (Å²) in [7, 11) is 2.83. The Morgan fingerprint density at radius 3 is 2.57 bits per heavy atom. The molecule has 7 nitrogen and oxygen atoms in total. The first-order chi connectivity index (χ1) is 10.9. The monoisotopic (exact) mass is 316 g/mol. The second-order valence-corrected chi connectivity index (χ2v) is 5.15. The van der Waals surface area contributed by atoms with Crippen molar-refractivity contribution >= 4 is 16.9 Å². The Morgan fingerprint density at radius 2 is 1.87 bits per heavy atom. The molecule has 0 spiro atoms. The Kier molecular flexibility index (Phi) is 3.44. The molecule has 0 fully saturated rings. The summed E-state index contributed by atoms with van der Waals surface area (Å²) in [5.41, 5.74) is -0.815. The van der Waals surface area contributed by atoms with Gasteiger partial charge < -0.3 is 4.57 Å². The zero-order valence-electron chi connectivity index (χ0n) is 12.5. The molecule has 3 aromatic rings. The summed E-state index contributed by atoms with van der Waals surface area (Å²) in [6, 6.07) is 5.63. The molecule has 0 unspecified atom stereocenters. The van der Waals surface area contributed by atoms with E-state index in [2.05, 4.69) is 4.98 Å². The molecule has 0 radical (unpaired) electrons. The number of nitrogens with zero attached hydrogens (tertiary/aromatic N) is 4. The molecule has 2 heterocycles. The fourth-order valence-corrected chi connectivity index (χ4v) is 2.44. The van der Waals surface area contributed by atoms with Crippen LogP contribution in [0.3, 0.4) is 0 Å². The van der Waals surface area contributed by atoms with Gasteiger partial charge in [-0.3, -0.25) is 18.7 Å². The predicted molar refractivity (Wildman–Crippen MR) is 80.9 cm³/mol. The molecule has 0 atom stereocenters. The van der Waals surface area contributed by atoms with E-state index in [-0.39, 0.29) is 23.3 Å². The van der Waals surface area contributed by atoms with Crippen molar-refractivity contribution in [1.29, 1.82) is 0 Å². The number of hydrogen-bond donors (Lipinski definition) is 0. The molecule has 2 aromatic heterocycles. The van der Waals surface area contributed by atoms with Crippen LogP contribution in [-0.2, 0) is 20.6 Å². The Balaban J connectivity index is 2.12. The van der Waals surface area contributed by atoms with Gasteiger partial charge in [0.25, 0.3) is 5.56 Å². The standard InChI is InChI=1S/C15H13FN4O3/c1-18-13-12(14(22)19(2)15(18)23)20(8-17-13)7-11(21)9-5-3-4-6-10(9)16/h3-6,8H,7H2,1-2H3. The Labute approximate surface area is 129 Å². The zero-order valence-corrected chi connectivity index (χ0v) is 12.5. The molecule has 0 amide bonds. The van der Waals surface area contributed by atoms with E-state index in [0.717, 1.165) is 4.57 Å². The zero-order chi connectivity index (χ0) is 16.7. The lowest BCUT2D eigenvalue weighted by Gasteiger charge is -2.06. The van der Waals surface area contributed by atoms with Gasteiger partial charge in [-0.2, -0.15) is 0 Å². The quantitative estimate of drug-likeness (QED) is 0.658. The third-order valence-corrected chi connectivity index (χ3v) is 3.71. The smallest absolute Gasteiger partial charge is 0.317 e. The summed E-state index contributed by atoms with van der Waals surface area (Å²) in [5.74, 6) is -1.11. The highest BCUT2D eigenvalue weighted by atomic mass is 19.1. The van der Waals surface area contributed by atoms with Crippen LogP contribution >= 0.6 is 0 Å². The molecular weight excluding hydrogens is 303 g/mol. The maximum atomic E-state index is 13.7. The number of Topliss-reactive ketones (excluding diaryl/α,β-unsaturated/α-hetero) is 1. The maximum Gasteiger partial charge on any atom is 0.332 e. The summed E-state index contributed by atoms with van der Waals surface area (Å²) < 4.78 is 17.2. The lowest BCUT2D eigenvalue weighted by Crippen LogP contribution is -2.37. The lowest BCUT2D eigenvalue weighted by molar-refractivity contribution is 0.0969. The minimum atomic E-state index is -0.623. The van der Waals surface area contributed by atoms with Crippen LogP contribution in [0.25, 0.3) is 11.2 Å². The normalized spacial score (nSPS) is 11.1. The van der Waals surface area contributed by atoms with Crippen molar-refractivity contribution in [3.05, 3.63) is 62.8 Å². The van der Waals surface area contributed by atoms with Crippen LogP contribution in [0.4, 0.5) is 4.39 Å². The summed E-state index contributed by atoms with van der Waals surface area (Å²) in [4.78, 5) is 40.4. The second kappa shape index (κ2) is 5.31. The first kappa shape index (κ1) is 14.9. The maximum absolute atomic E-state index is 13.7. The minimum Gasteiger partial charge on any atom is -0.317 e. The first-order valence-electron chi connectivity index (χ1n) is 6.80. The third kappa shape index (κ3) is 2.28. The van der Waals surface area contributed by atoms with Gasteiger partial charge >= 0.3 is 5.69 Å². The van der Waals surface area contributed by atoms with Crippen molar-refractivity contribution < 1.29 is 9.18 Å². The minimum absolute atomic E-state index is 0.0593. The Morgan fingerprint density at radius 1 is 1.17 bits per heavy atom. The summed E-state index contributed by atoms with van der Waals surface area (Å²) >= 11 is 0. The number of fused-ring (bicyclic) bond motifs is 1. The first-order valence-corrected chi connectivity index (χ1v) is 6.80. The molecule has 1 aromatic carbocycles. The van der Waals surface area contributed by atoms with Crippen molar-refractivity contribution in [2.24, 2.45) is 14.1 Å². The Hall–Kier alpha value is -3.03. The van der Waals surface area contributed by atoms with Crippen molar-refractivity contribution in [3.8, 4) is 0 Å². The largest absolute Gasteiger partial charge is 0.332 e. The van der Waals surface area contributed by atoms with Crippen molar-refractivity contribution in [1.82, 2.24) is 18.7 Å². The lowest BCUT2D eigenvalue weighted by atomic mass is 10.1. The van der Waals surface area contributed by atoms with Crippen LogP contribution < -0.4 is 11.2 Å². The third-order valence-electron chi connectivity index (χ3n) is 3.71. The summed E-state index contributed by atoms with van der Waals surface area (Å²) in [5, 5.41) is 0. The average Bonchev–Trinajstić information content (AvgIpc) is 2.95. The SMILES string of the molecule is Cn1c(=O)c2c(ncn2CC(=O)c2ccccc2F)n(C)c1=O. The molecule has 118 valence electrons. The number of rotatable bonds is 3. The number of halogens is 1. The van der Waals surface area contributed by atoms with E-state index >= 15 is 0 Å². The average molecular weight is 316 g/mol. The topological polar surface area (TPSA) is 78.9 Å². The second-order valence-electron chi connectivity index (χ2n) is 5.15. The van der Waals surface area contributed by atoms with E-state index in [1.807, 2.05) is 0 Å². The van der Waals surface area contributed by atoms with Gasteiger partial charge in [-0.15, -0.1) is 0 Å². The molecule has 23 heavy (non-hydrogen) atoms. The predicted octanol–water partition coefficient (Wildman–Crippen LogP) is 0.456. The van der Waals surface area contributed by atoms with Crippen LogP contribution in [0.2, 0.25) is 0 Å².